The van der Waals surface area contributed by atoms with E-state index in [0.29, 0.717) is 5.13 Å². The minimum atomic E-state index is -1.59. The van der Waals surface area contributed by atoms with E-state index in [-0.39, 0.29) is 12.1 Å². The smallest absolute Gasteiger partial charge is 0.327 e. The molecule has 1 aromatic heterocycles. The van der Waals surface area contributed by atoms with Crippen molar-refractivity contribution in [2.75, 3.05) is 19.9 Å². The van der Waals surface area contributed by atoms with Crippen LogP contribution in [0.4, 0.5) is 18.3 Å². The van der Waals surface area contributed by atoms with Gasteiger partial charge in [-0.15, -0.1) is 11.3 Å². The predicted molar refractivity (Wildman–Crippen MR) is 79.1 cm³/mol. The van der Waals surface area contributed by atoms with Gasteiger partial charge in [0.1, 0.15) is 6.04 Å². The van der Waals surface area contributed by atoms with E-state index in [9.17, 15) is 18.0 Å². The summed E-state index contributed by atoms with van der Waals surface area (Å²) in [6.45, 7) is 0.245. The third-order valence-electron chi connectivity index (χ3n) is 3.16. The van der Waals surface area contributed by atoms with Crippen molar-refractivity contribution < 1.29 is 22.7 Å². The van der Waals surface area contributed by atoms with Gasteiger partial charge in [-0.25, -0.2) is 22.9 Å². The van der Waals surface area contributed by atoms with Crippen molar-refractivity contribution in [3.05, 3.63) is 46.2 Å². The summed E-state index contributed by atoms with van der Waals surface area (Å²) in [6.07, 6.45) is 1.54. The summed E-state index contributed by atoms with van der Waals surface area (Å²) >= 11 is 1.22. The SMILES string of the molecule is COC(=O)C(c1cc(F)c(F)c(F)c1)N(C)Cc1cnc(N)s1. The Morgan fingerprint density at radius 2 is 2.00 bits per heavy atom. The lowest BCUT2D eigenvalue weighted by Crippen LogP contribution is -2.31. The number of anilines is 1. The number of ether oxygens (including phenoxy) is 1. The maximum atomic E-state index is 13.5. The summed E-state index contributed by atoms with van der Waals surface area (Å²) in [6, 6.07) is 0.447. The number of hydrogen-bond donors (Lipinski definition) is 1. The van der Waals surface area contributed by atoms with Gasteiger partial charge in [0.25, 0.3) is 0 Å². The fraction of sp³-hybridized carbons (Fsp3) is 0.286. The first-order valence-electron chi connectivity index (χ1n) is 6.46. The number of benzene rings is 1. The van der Waals surface area contributed by atoms with Gasteiger partial charge >= 0.3 is 5.97 Å². The van der Waals surface area contributed by atoms with Crippen molar-refractivity contribution in [3.63, 3.8) is 0 Å². The van der Waals surface area contributed by atoms with Gasteiger partial charge in [-0.3, -0.25) is 4.90 Å². The molecule has 1 unspecified atom stereocenters. The molecule has 0 aliphatic rings. The number of nitrogen functional groups attached to an aromatic ring is 1. The Morgan fingerprint density at radius 3 is 2.48 bits per heavy atom. The Bertz CT molecular complexity index is 700. The first kappa shape index (κ1) is 17.2. The molecule has 0 radical (unpaired) electrons. The highest BCUT2D eigenvalue weighted by Crippen LogP contribution is 2.27. The van der Waals surface area contributed by atoms with Crippen LogP contribution in [0.2, 0.25) is 0 Å². The number of hydrogen-bond acceptors (Lipinski definition) is 6. The Morgan fingerprint density at radius 1 is 1.39 bits per heavy atom. The lowest BCUT2D eigenvalue weighted by molar-refractivity contribution is -0.147. The molecule has 0 saturated carbocycles. The normalized spacial score (nSPS) is 12.4. The molecule has 124 valence electrons. The van der Waals surface area contributed by atoms with Gasteiger partial charge in [0.05, 0.1) is 7.11 Å². The van der Waals surface area contributed by atoms with Gasteiger partial charge in [-0.1, -0.05) is 0 Å². The number of halogens is 3. The van der Waals surface area contributed by atoms with E-state index >= 15 is 0 Å². The van der Waals surface area contributed by atoms with Crippen LogP contribution in [0.5, 0.6) is 0 Å². The number of carbonyl (C=O) groups excluding carboxylic acids is 1. The molecule has 1 atom stereocenters. The molecule has 2 aromatic rings. The Balaban J connectivity index is 2.35. The van der Waals surface area contributed by atoms with Crippen LogP contribution in [0.3, 0.4) is 0 Å². The number of esters is 1. The highest BCUT2D eigenvalue weighted by molar-refractivity contribution is 7.15. The molecule has 0 aliphatic heterocycles. The number of methoxy groups -OCH3 is 1. The van der Waals surface area contributed by atoms with Gasteiger partial charge in [0, 0.05) is 17.6 Å². The van der Waals surface area contributed by atoms with Crippen LogP contribution in [-0.2, 0) is 16.1 Å². The number of thiazole rings is 1. The molecule has 1 heterocycles. The number of aromatic nitrogens is 1. The molecule has 0 saturated heterocycles. The van der Waals surface area contributed by atoms with Gasteiger partial charge in [0.15, 0.2) is 22.6 Å². The molecule has 0 bridgehead atoms. The fourth-order valence-corrected chi connectivity index (χ4v) is 2.90. The van der Waals surface area contributed by atoms with Crippen molar-refractivity contribution >= 4 is 22.4 Å². The van der Waals surface area contributed by atoms with Crippen LogP contribution < -0.4 is 5.73 Å². The summed E-state index contributed by atoms with van der Waals surface area (Å²) in [5.74, 6) is -5.06. The van der Waals surface area contributed by atoms with E-state index in [2.05, 4.69) is 9.72 Å². The third kappa shape index (κ3) is 3.80. The average molecular weight is 345 g/mol. The second kappa shape index (κ2) is 6.97. The summed E-state index contributed by atoms with van der Waals surface area (Å²) in [5, 5.41) is 0.363. The van der Waals surface area contributed by atoms with Crippen LogP contribution in [0, 0.1) is 17.5 Å². The third-order valence-corrected chi connectivity index (χ3v) is 3.98. The zero-order valence-electron chi connectivity index (χ0n) is 12.3. The second-order valence-electron chi connectivity index (χ2n) is 4.80. The molecule has 23 heavy (non-hydrogen) atoms. The quantitative estimate of drug-likeness (QED) is 0.666. The molecular formula is C14H14F3N3O2S. The van der Waals surface area contributed by atoms with Crippen molar-refractivity contribution in [2.45, 2.75) is 12.6 Å². The van der Waals surface area contributed by atoms with Crippen LogP contribution in [0.15, 0.2) is 18.3 Å². The van der Waals surface area contributed by atoms with Crippen molar-refractivity contribution in [2.24, 2.45) is 0 Å². The van der Waals surface area contributed by atoms with E-state index in [4.69, 9.17) is 5.73 Å². The Hall–Kier alpha value is -2.13. The van der Waals surface area contributed by atoms with Crippen molar-refractivity contribution in [1.29, 1.82) is 0 Å². The lowest BCUT2D eigenvalue weighted by Gasteiger charge is -2.25. The van der Waals surface area contributed by atoms with Crippen molar-refractivity contribution in [3.8, 4) is 0 Å². The maximum absolute atomic E-state index is 13.5. The van der Waals surface area contributed by atoms with E-state index in [1.807, 2.05) is 0 Å². The van der Waals surface area contributed by atoms with E-state index in [1.54, 1.807) is 7.05 Å². The zero-order chi connectivity index (χ0) is 17.1. The molecule has 2 rings (SSSR count). The number of nitrogens with two attached hydrogens (primary N) is 1. The average Bonchev–Trinajstić information content (AvgIpc) is 2.89. The van der Waals surface area contributed by atoms with Crippen molar-refractivity contribution in [1.82, 2.24) is 9.88 Å². The minimum absolute atomic E-state index is 0.0479. The fourth-order valence-electron chi connectivity index (χ4n) is 2.15. The molecular weight excluding hydrogens is 331 g/mol. The largest absolute Gasteiger partial charge is 0.468 e. The minimum Gasteiger partial charge on any atom is -0.468 e. The number of rotatable bonds is 5. The summed E-state index contributed by atoms with van der Waals surface area (Å²) in [5.41, 5.74) is 5.49. The number of nitrogens with zero attached hydrogens (tertiary/aromatic N) is 2. The molecule has 0 aliphatic carbocycles. The highest BCUT2D eigenvalue weighted by atomic mass is 32.1. The monoisotopic (exact) mass is 345 g/mol. The summed E-state index contributed by atoms with van der Waals surface area (Å²) in [4.78, 5) is 18.2. The van der Waals surface area contributed by atoms with Crippen LogP contribution in [0.1, 0.15) is 16.5 Å². The first-order chi connectivity index (χ1) is 10.8. The van der Waals surface area contributed by atoms with Crippen LogP contribution in [-0.4, -0.2) is 30.0 Å². The summed E-state index contributed by atoms with van der Waals surface area (Å²) < 4.78 is 44.7. The maximum Gasteiger partial charge on any atom is 0.327 e. The second-order valence-corrected chi connectivity index (χ2v) is 5.95. The van der Waals surface area contributed by atoms with Gasteiger partial charge in [-0.2, -0.15) is 0 Å². The number of likely N-dealkylation sites (N-methyl/N-ethyl adjacent to an activating group) is 1. The highest BCUT2D eigenvalue weighted by Gasteiger charge is 2.28. The first-order valence-corrected chi connectivity index (χ1v) is 7.27. The van der Waals surface area contributed by atoms with Crippen LogP contribution >= 0.6 is 11.3 Å². The van der Waals surface area contributed by atoms with Gasteiger partial charge < -0.3 is 10.5 Å². The lowest BCUT2D eigenvalue weighted by atomic mass is 10.0. The van der Waals surface area contributed by atoms with E-state index in [1.165, 1.54) is 22.4 Å². The Labute approximate surface area is 134 Å². The van der Waals surface area contributed by atoms with E-state index < -0.39 is 29.5 Å². The van der Waals surface area contributed by atoms with Gasteiger partial charge in [-0.05, 0) is 24.7 Å². The topological polar surface area (TPSA) is 68.5 Å². The molecule has 0 spiro atoms. The van der Waals surface area contributed by atoms with Crippen LogP contribution in [0.25, 0.3) is 0 Å². The molecule has 5 nitrogen and oxygen atoms in total. The molecule has 9 heteroatoms. The Kier molecular flexibility index (Phi) is 5.22. The standard InChI is InChI=1S/C14H14F3N3O2S/c1-20(6-8-5-19-14(18)23-8)12(13(21)22-2)7-3-9(15)11(17)10(16)4-7/h3-5,12H,6H2,1-2H3,(H2,18,19). The van der Waals surface area contributed by atoms with E-state index in [0.717, 1.165) is 24.1 Å². The molecule has 0 amide bonds. The van der Waals surface area contributed by atoms with Gasteiger partial charge in [0.2, 0.25) is 0 Å². The molecule has 1 aromatic carbocycles. The summed E-state index contributed by atoms with van der Waals surface area (Å²) in [7, 11) is 2.72. The zero-order valence-corrected chi connectivity index (χ0v) is 13.2. The molecule has 0 fully saturated rings. The predicted octanol–water partition coefficient (Wildman–Crippen LogP) is 2.49. The number of carbonyl (C=O) groups is 1. The molecule has 2 N–H and O–H groups in total.